The van der Waals surface area contributed by atoms with Crippen molar-refractivity contribution in [1.82, 2.24) is 15.5 Å². The molecule has 0 bridgehead atoms. The van der Waals surface area contributed by atoms with E-state index in [2.05, 4.69) is 21.8 Å². The van der Waals surface area contributed by atoms with Gasteiger partial charge in [0.1, 0.15) is 5.76 Å². The van der Waals surface area contributed by atoms with Gasteiger partial charge in [0.05, 0.1) is 19.5 Å². The number of morpholine rings is 1. The summed E-state index contributed by atoms with van der Waals surface area (Å²) in [6, 6.07) is 3.95. The topological polar surface area (TPSA) is 62.0 Å². The van der Waals surface area contributed by atoms with Crippen LogP contribution < -0.4 is 10.6 Å². The van der Waals surface area contributed by atoms with Crippen LogP contribution in [-0.4, -0.2) is 75.4 Å². The minimum absolute atomic E-state index is 0.830. The van der Waals surface area contributed by atoms with E-state index in [4.69, 9.17) is 14.1 Å². The van der Waals surface area contributed by atoms with Gasteiger partial charge in [0, 0.05) is 45.7 Å². The van der Waals surface area contributed by atoms with Gasteiger partial charge in [-0.25, -0.2) is 0 Å². The number of guanidine groups is 1. The summed E-state index contributed by atoms with van der Waals surface area (Å²) in [7, 11) is 0. The van der Waals surface area contributed by atoms with Gasteiger partial charge in [0.2, 0.25) is 0 Å². The molecule has 1 aromatic heterocycles. The molecule has 1 fully saturated rings. The van der Waals surface area contributed by atoms with Crippen LogP contribution in [0.25, 0.3) is 0 Å². The highest BCUT2D eigenvalue weighted by atomic mass is 32.2. The molecule has 6 nitrogen and oxygen atoms in total. The van der Waals surface area contributed by atoms with E-state index in [0.29, 0.717) is 0 Å². The van der Waals surface area contributed by atoms with Crippen molar-refractivity contribution in [3.05, 3.63) is 24.2 Å². The zero-order valence-corrected chi connectivity index (χ0v) is 18.3. The molecule has 0 saturated carbocycles. The highest BCUT2D eigenvalue weighted by molar-refractivity contribution is 7.98. The second-order valence-corrected chi connectivity index (χ2v) is 8.11. The lowest BCUT2D eigenvalue weighted by atomic mass is 10.2. The van der Waals surface area contributed by atoms with Crippen molar-refractivity contribution in [3.8, 4) is 0 Å². The van der Waals surface area contributed by atoms with Gasteiger partial charge in [-0.3, -0.25) is 9.89 Å². The standard InChI is InChI=1S/C21H38N4O2S/c1-28-19-5-3-2-4-10-22-21(24-12-9-20-8-6-16-27-20)23-11-7-13-25-14-17-26-18-15-25/h6,8,16H,2-5,7,9-15,17-19H2,1H3,(H2,22,23,24). The molecule has 1 aliphatic rings. The summed E-state index contributed by atoms with van der Waals surface area (Å²) in [5.41, 5.74) is 0. The molecule has 0 aliphatic carbocycles. The Hall–Kier alpha value is -1.18. The lowest BCUT2D eigenvalue weighted by molar-refractivity contribution is 0.0377. The Bertz CT molecular complexity index is 505. The summed E-state index contributed by atoms with van der Waals surface area (Å²) < 4.78 is 10.8. The van der Waals surface area contributed by atoms with E-state index in [9.17, 15) is 0 Å². The Morgan fingerprint density at radius 3 is 2.71 bits per heavy atom. The maximum Gasteiger partial charge on any atom is 0.191 e. The van der Waals surface area contributed by atoms with Crippen LogP contribution in [-0.2, 0) is 11.2 Å². The van der Waals surface area contributed by atoms with Gasteiger partial charge in [0.15, 0.2) is 5.96 Å². The first-order chi connectivity index (χ1) is 13.9. The molecule has 1 aliphatic heterocycles. The zero-order valence-electron chi connectivity index (χ0n) is 17.5. The molecule has 1 saturated heterocycles. The van der Waals surface area contributed by atoms with Gasteiger partial charge in [-0.05, 0) is 43.4 Å². The van der Waals surface area contributed by atoms with Crippen LogP contribution in [0.1, 0.15) is 37.9 Å². The maximum atomic E-state index is 5.41. The average Bonchev–Trinajstić information content (AvgIpc) is 3.24. The van der Waals surface area contributed by atoms with E-state index in [1.165, 1.54) is 31.4 Å². The lowest BCUT2D eigenvalue weighted by Gasteiger charge is -2.26. The van der Waals surface area contributed by atoms with Crippen molar-refractivity contribution in [3.63, 3.8) is 0 Å². The summed E-state index contributed by atoms with van der Waals surface area (Å²) in [4.78, 5) is 7.24. The van der Waals surface area contributed by atoms with Crippen LogP contribution in [0, 0.1) is 0 Å². The van der Waals surface area contributed by atoms with E-state index in [0.717, 1.165) is 77.0 Å². The van der Waals surface area contributed by atoms with Gasteiger partial charge in [-0.2, -0.15) is 11.8 Å². The van der Waals surface area contributed by atoms with Crippen molar-refractivity contribution in [2.45, 2.75) is 38.5 Å². The van der Waals surface area contributed by atoms with E-state index < -0.39 is 0 Å². The summed E-state index contributed by atoms with van der Waals surface area (Å²) in [5.74, 6) is 3.21. The third-order valence-electron chi connectivity index (χ3n) is 4.82. The normalized spacial score (nSPS) is 15.7. The molecular formula is C21H38N4O2S. The largest absolute Gasteiger partial charge is 0.469 e. The Labute approximate surface area is 174 Å². The molecule has 28 heavy (non-hydrogen) atoms. The summed E-state index contributed by atoms with van der Waals surface area (Å²) in [6.45, 7) is 7.58. The van der Waals surface area contributed by atoms with Crippen molar-refractivity contribution in [2.24, 2.45) is 4.99 Å². The smallest absolute Gasteiger partial charge is 0.191 e. The van der Waals surface area contributed by atoms with Crippen LogP contribution in [0.4, 0.5) is 0 Å². The van der Waals surface area contributed by atoms with Gasteiger partial charge in [-0.15, -0.1) is 0 Å². The molecule has 0 atom stereocenters. The number of thioether (sulfide) groups is 1. The molecule has 160 valence electrons. The minimum Gasteiger partial charge on any atom is -0.469 e. The number of unbranched alkanes of at least 4 members (excludes halogenated alkanes) is 3. The Balaban J connectivity index is 1.64. The average molecular weight is 411 g/mol. The van der Waals surface area contributed by atoms with Crippen LogP contribution in [0.15, 0.2) is 27.8 Å². The molecule has 0 aromatic carbocycles. The number of aliphatic imine (C=N–C) groups is 1. The number of hydrogen-bond donors (Lipinski definition) is 2. The highest BCUT2D eigenvalue weighted by Crippen LogP contribution is 2.04. The summed E-state index contributed by atoms with van der Waals surface area (Å²) in [5, 5.41) is 6.95. The molecule has 1 aromatic rings. The predicted molar refractivity (Wildman–Crippen MR) is 119 cm³/mol. The summed E-state index contributed by atoms with van der Waals surface area (Å²) >= 11 is 1.94. The molecule has 0 radical (unpaired) electrons. The van der Waals surface area contributed by atoms with E-state index >= 15 is 0 Å². The molecule has 0 unspecified atom stereocenters. The summed E-state index contributed by atoms with van der Waals surface area (Å²) in [6.07, 6.45) is 11.0. The monoisotopic (exact) mass is 410 g/mol. The van der Waals surface area contributed by atoms with Gasteiger partial charge in [-0.1, -0.05) is 12.8 Å². The molecule has 7 heteroatoms. The molecular weight excluding hydrogens is 372 g/mol. The second kappa shape index (κ2) is 15.7. The second-order valence-electron chi connectivity index (χ2n) is 7.13. The van der Waals surface area contributed by atoms with E-state index in [-0.39, 0.29) is 0 Å². The molecule has 0 spiro atoms. The third kappa shape index (κ3) is 11.0. The fraction of sp³-hybridized carbons (Fsp3) is 0.762. The van der Waals surface area contributed by atoms with Crippen LogP contribution in [0.2, 0.25) is 0 Å². The van der Waals surface area contributed by atoms with Gasteiger partial charge in [0.25, 0.3) is 0 Å². The van der Waals surface area contributed by atoms with Crippen molar-refractivity contribution in [1.29, 1.82) is 0 Å². The molecule has 2 heterocycles. The fourth-order valence-corrected chi connectivity index (χ4v) is 3.67. The van der Waals surface area contributed by atoms with Crippen molar-refractivity contribution in [2.75, 3.05) is 64.5 Å². The first-order valence-corrected chi connectivity index (χ1v) is 12.1. The number of ether oxygens (including phenoxy) is 1. The lowest BCUT2D eigenvalue weighted by Crippen LogP contribution is -2.39. The van der Waals surface area contributed by atoms with Crippen LogP contribution in [0.5, 0.6) is 0 Å². The highest BCUT2D eigenvalue weighted by Gasteiger charge is 2.09. The maximum absolute atomic E-state index is 5.41. The quantitative estimate of drug-likeness (QED) is 0.279. The number of hydrogen-bond acceptors (Lipinski definition) is 5. The number of furan rings is 1. The SMILES string of the molecule is CSCCCCCCNC(=NCCCN1CCOCC1)NCCc1ccco1. The molecule has 0 amide bonds. The predicted octanol–water partition coefficient (Wildman–Crippen LogP) is 3.00. The number of rotatable bonds is 14. The van der Waals surface area contributed by atoms with Crippen LogP contribution in [0.3, 0.4) is 0 Å². The molecule has 2 N–H and O–H groups in total. The van der Waals surface area contributed by atoms with E-state index in [1.807, 2.05) is 23.9 Å². The van der Waals surface area contributed by atoms with Gasteiger partial charge < -0.3 is 19.8 Å². The Kier molecular flexibility index (Phi) is 13.0. The van der Waals surface area contributed by atoms with Gasteiger partial charge >= 0.3 is 0 Å². The Morgan fingerprint density at radius 2 is 1.93 bits per heavy atom. The molecule has 2 rings (SSSR count). The first-order valence-electron chi connectivity index (χ1n) is 10.7. The van der Waals surface area contributed by atoms with Crippen molar-refractivity contribution < 1.29 is 9.15 Å². The zero-order chi connectivity index (χ0) is 19.7. The number of nitrogens with one attached hydrogen (secondary N) is 2. The van der Waals surface area contributed by atoms with Crippen LogP contribution >= 0.6 is 11.8 Å². The van der Waals surface area contributed by atoms with E-state index in [1.54, 1.807) is 6.26 Å². The first kappa shape index (κ1) is 23.1. The third-order valence-corrected chi connectivity index (χ3v) is 5.51. The fourth-order valence-electron chi connectivity index (χ4n) is 3.17. The van der Waals surface area contributed by atoms with Crippen molar-refractivity contribution >= 4 is 17.7 Å². The Morgan fingerprint density at radius 1 is 1.11 bits per heavy atom. The minimum atomic E-state index is 0.830. The number of nitrogens with zero attached hydrogens (tertiary/aromatic N) is 2.